The van der Waals surface area contributed by atoms with Crippen molar-refractivity contribution >= 4 is 45.3 Å². The summed E-state index contributed by atoms with van der Waals surface area (Å²) in [6.07, 6.45) is 1.70. The third kappa shape index (κ3) is 4.08. The maximum atomic E-state index is 11.7. The number of methoxy groups -OCH3 is 1. The molecule has 3 rings (SSSR count). The molecule has 0 aliphatic carbocycles. The Morgan fingerprint density at radius 1 is 1.31 bits per heavy atom. The lowest BCUT2D eigenvalue weighted by Gasteiger charge is -2.14. The Hall–Kier alpha value is -2.31. The molecule has 7 heteroatoms. The minimum absolute atomic E-state index is 0.341. The highest BCUT2D eigenvalue weighted by Gasteiger charge is 2.22. The van der Waals surface area contributed by atoms with Gasteiger partial charge in [-0.2, -0.15) is 0 Å². The first kappa shape index (κ1) is 18.5. The smallest absolute Gasteiger partial charge is 0.367 e. The molecule has 0 saturated carbocycles. The Kier molecular flexibility index (Phi) is 5.64. The van der Waals surface area contributed by atoms with Crippen LogP contribution in [-0.2, 0) is 16.2 Å². The molecule has 0 spiro atoms. The summed E-state index contributed by atoms with van der Waals surface area (Å²) in [5.41, 5.74) is 2.64. The monoisotopic (exact) mass is 435 g/mol. The summed E-state index contributed by atoms with van der Waals surface area (Å²) in [6.45, 7) is 2.06. The number of oxime groups is 1. The highest BCUT2D eigenvalue weighted by atomic mass is 79.9. The number of hydrogen-bond donors (Lipinski definition) is 0. The van der Waals surface area contributed by atoms with Crippen molar-refractivity contribution in [2.75, 3.05) is 7.11 Å². The molecule has 0 radical (unpaired) electrons. The molecule has 5 nitrogen and oxygen atoms in total. The molecule has 0 fully saturated rings. The summed E-state index contributed by atoms with van der Waals surface area (Å²) in [5, 5.41) is 4.32. The van der Waals surface area contributed by atoms with Crippen LogP contribution in [0.25, 0.3) is 6.08 Å². The molecule has 0 N–H and O–H groups in total. The van der Waals surface area contributed by atoms with Crippen LogP contribution in [0, 0.1) is 0 Å². The lowest BCUT2D eigenvalue weighted by Crippen LogP contribution is -2.02. The van der Waals surface area contributed by atoms with E-state index in [9.17, 15) is 4.79 Å². The van der Waals surface area contributed by atoms with Crippen molar-refractivity contribution in [3.05, 3.63) is 62.6 Å². The van der Waals surface area contributed by atoms with Crippen LogP contribution in [0.1, 0.15) is 18.1 Å². The van der Waals surface area contributed by atoms with E-state index in [2.05, 4.69) is 25.9 Å². The zero-order chi connectivity index (χ0) is 18.7. The van der Waals surface area contributed by atoms with Crippen LogP contribution < -0.4 is 9.47 Å². The third-order valence-corrected chi connectivity index (χ3v) is 4.53. The van der Waals surface area contributed by atoms with Crippen LogP contribution in [0.5, 0.6) is 11.5 Å². The normalized spacial score (nSPS) is 15.0. The van der Waals surface area contributed by atoms with Gasteiger partial charge in [0.2, 0.25) is 0 Å². The van der Waals surface area contributed by atoms with Crippen molar-refractivity contribution < 1.29 is 19.1 Å². The largest absolute Gasteiger partial charge is 0.493 e. The second-order valence-electron chi connectivity index (χ2n) is 5.57. The summed E-state index contributed by atoms with van der Waals surface area (Å²) >= 11 is 9.50. The highest BCUT2D eigenvalue weighted by Crippen LogP contribution is 2.38. The van der Waals surface area contributed by atoms with Crippen molar-refractivity contribution in [3.8, 4) is 11.5 Å². The average Bonchev–Trinajstić information content (AvgIpc) is 2.92. The van der Waals surface area contributed by atoms with E-state index in [1.54, 1.807) is 26.2 Å². The zero-order valence-corrected chi connectivity index (χ0v) is 16.4. The van der Waals surface area contributed by atoms with Crippen LogP contribution in [-0.4, -0.2) is 18.8 Å². The number of nitrogens with zero attached hydrogens (tertiary/aromatic N) is 1. The van der Waals surface area contributed by atoms with Gasteiger partial charge in [-0.15, -0.1) is 0 Å². The van der Waals surface area contributed by atoms with Crippen LogP contribution in [0.3, 0.4) is 0 Å². The Balaban J connectivity index is 1.87. The molecular formula is C19H15BrClNO4. The number of carbonyl (C=O) groups excluding carboxylic acids is 1. The molecule has 1 aliphatic heterocycles. The van der Waals surface area contributed by atoms with Crippen molar-refractivity contribution in [3.63, 3.8) is 0 Å². The first-order chi connectivity index (χ1) is 12.5. The van der Waals surface area contributed by atoms with E-state index in [-0.39, 0.29) is 0 Å². The molecule has 1 heterocycles. The summed E-state index contributed by atoms with van der Waals surface area (Å²) in [6, 6.07) is 11.1. The van der Waals surface area contributed by atoms with Crippen LogP contribution in [0.2, 0.25) is 5.02 Å². The van der Waals surface area contributed by atoms with Crippen molar-refractivity contribution in [2.24, 2.45) is 5.16 Å². The van der Waals surface area contributed by atoms with Gasteiger partial charge in [-0.1, -0.05) is 28.9 Å². The number of rotatable bonds is 5. The predicted molar refractivity (Wildman–Crippen MR) is 104 cm³/mol. The highest BCUT2D eigenvalue weighted by molar-refractivity contribution is 9.10. The SMILES string of the molecule is COc1cc(/C=C2/C(=O)ON=C2C)cc(Br)c1OCc1cccc(Cl)c1. The lowest BCUT2D eigenvalue weighted by atomic mass is 10.1. The second kappa shape index (κ2) is 7.93. The van der Waals surface area contributed by atoms with Crippen molar-refractivity contribution in [1.29, 1.82) is 0 Å². The van der Waals surface area contributed by atoms with E-state index in [4.69, 9.17) is 21.1 Å². The molecule has 134 valence electrons. The molecule has 0 saturated heterocycles. The van der Waals surface area contributed by atoms with E-state index >= 15 is 0 Å². The number of ether oxygens (including phenoxy) is 2. The molecule has 2 aromatic carbocycles. The molecule has 1 aliphatic rings. The number of carbonyl (C=O) groups is 1. The first-order valence-electron chi connectivity index (χ1n) is 7.70. The van der Waals surface area contributed by atoms with Gasteiger partial charge in [0.05, 0.1) is 22.9 Å². The van der Waals surface area contributed by atoms with Gasteiger partial charge in [0.1, 0.15) is 6.61 Å². The maximum absolute atomic E-state index is 11.7. The fraction of sp³-hybridized carbons (Fsp3) is 0.158. The lowest BCUT2D eigenvalue weighted by molar-refractivity contribution is -0.136. The Morgan fingerprint density at radius 3 is 2.77 bits per heavy atom. The molecule has 0 amide bonds. The van der Waals surface area contributed by atoms with E-state index < -0.39 is 5.97 Å². The predicted octanol–water partition coefficient (Wildman–Crippen LogP) is 5.01. The van der Waals surface area contributed by atoms with Gasteiger partial charge in [-0.25, -0.2) is 4.79 Å². The van der Waals surface area contributed by atoms with Gasteiger partial charge in [-0.05, 0) is 64.3 Å². The maximum Gasteiger partial charge on any atom is 0.367 e. The van der Waals surface area contributed by atoms with E-state index in [1.165, 1.54) is 0 Å². The van der Waals surface area contributed by atoms with Gasteiger partial charge in [-0.3, -0.25) is 0 Å². The topological polar surface area (TPSA) is 57.1 Å². The van der Waals surface area contributed by atoms with Crippen LogP contribution in [0.4, 0.5) is 0 Å². The Morgan fingerprint density at radius 2 is 2.12 bits per heavy atom. The van der Waals surface area contributed by atoms with Gasteiger partial charge < -0.3 is 14.3 Å². The van der Waals surface area contributed by atoms with E-state index in [1.807, 2.05) is 30.3 Å². The zero-order valence-electron chi connectivity index (χ0n) is 14.1. The molecule has 0 bridgehead atoms. The van der Waals surface area contributed by atoms with Gasteiger partial charge in [0, 0.05) is 5.02 Å². The molecular weight excluding hydrogens is 422 g/mol. The standard InChI is InChI=1S/C19H15BrClNO4/c1-11-15(19(23)26-22-11)7-13-8-16(20)18(17(9-13)24-2)25-10-12-4-3-5-14(21)6-12/h3-9H,10H2,1-2H3/b15-7+. The second-order valence-corrected chi connectivity index (χ2v) is 6.86. The number of hydrogen-bond acceptors (Lipinski definition) is 5. The summed E-state index contributed by atoms with van der Waals surface area (Å²) < 4.78 is 12.0. The van der Waals surface area contributed by atoms with Crippen LogP contribution >= 0.6 is 27.5 Å². The quantitative estimate of drug-likeness (QED) is 0.488. The molecule has 0 aromatic heterocycles. The number of benzene rings is 2. The number of halogens is 2. The Labute approximate surface area is 164 Å². The van der Waals surface area contributed by atoms with Gasteiger partial charge >= 0.3 is 5.97 Å². The van der Waals surface area contributed by atoms with Gasteiger partial charge in [0.25, 0.3) is 0 Å². The van der Waals surface area contributed by atoms with Crippen molar-refractivity contribution in [1.82, 2.24) is 0 Å². The first-order valence-corrected chi connectivity index (χ1v) is 8.88. The van der Waals surface area contributed by atoms with E-state index in [0.29, 0.717) is 38.9 Å². The van der Waals surface area contributed by atoms with Crippen LogP contribution in [0.15, 0.2) is 51.6 Å². The Bertz CT molecular complexity index is 924. The fourth-order valence-electron chi connectivity index (χ4n) is 2.43. The summed E-state index contributed by atoms with van der Waals surface area (Å²) in [4.78, 5) is 16.4. The minimum Gasteiger partial charge on any atom is -0.493 e. The third-order valence-electron chi connectivity index (χ3n) is 3.71. The fourth-order valence-corrected chi connectivity index (χ4v) is 3.22. The van der Waals surface area contributed by atoms with E-state index in [0.717, 1.165) is 11.1 Å². The van der Waals surface area contributed by atoms with Crippen molar-refractivity contribution in [2.45, 2.75) is 13.5 Å². The van der Waals surface area contributed by atoms with Gasteiger partial charge in [0.15, 0.2) is 11.5 Å². The average molecular weight is 437 g/mol. The molecule has 26 heavy (non-hydrogen) atoms. The summed E-state index contributed by atoms with van der Waals surface area (Å²) in [7, 11) is 1.56. The molecule has 2 aromatic rings. The molecule has 0 unspecified atom stereocenters. The summed E-state index contributed by atoms with van der Waals surface area (Å²) in [5.74, 6) is 0.627. The minimum atomic E-state index is -0.473. The molecule has 0 atom stereocenters.